The molecule has 0 bridgehead atoms. The van der Waals surface area contributed by atoms with Gasteiger partial charge in [0.05, 0.1) is 0 Å². The van der Waals surface area contributed by atoms with Gasteiger partial charge in [-0.3, -0.25) is 0 Å². The Hall–Kier alpha value is 1.31. The molecular formula is AgO4S3. The van der Waals surface area contributed by atoms with Gasteiger partial charge in [-0.15, -0.1) is 0 Å². The van der Waals surface area contributed by atoms with E-state index in [9.17, 15) is 8.42 Å². The van der Waals surface area contributed by atoms with Crippen LogP contribution in [0.3, 0.4) is 0 Å². The molecule has 8 heteroatoms. The summed E-state index contributed by atoms with van der Waals surface area (Å²) >= 11 is 1.37. The van der Waals surface area contributed by atoms with Crippen molar-refractivity contribution in [2.45, 2.75) is 0 Å². The Kier molecular flexibility index (Phi) is 4.04. The summed E-state index contributed by atoms with van der Waals surface area (Å²) in [5, 5.41) is 0. The average molecular weight is 268 g/mol. The Balaban J connectivity index is 0.000000490. The molecule has 0 unspecified atom stereocenters. The smallest absolute Gasteiger partial charge is 0.167 e. The predicted molar refractivity (Wildman–Crippen MR) is 26.3 cm³/mol. The summed E-state index contributed by atoms with van der Waals surface area (Å²) in [4.78, 5) is 0. The van der Waals surface area contributed by atoms with Crippen LogP contribution in [0.4, 0.5) is 0 Å². The molecule has 1 radical (unpaired) electrons. The largest absolute Gasteiger partial charge is 0.423 e. The molecule has 0 amide bonds. The van der Waals surface area contributed by atoms with E-state index in [1.54, 1.807) is 0 Å². The van der Waals surface area contributed by atoms with Crippen LogP contribution in [0.25, 0.3) is 0 Å². The second kappa shape index (κ2) is 3.47. The first-order valence-corrected chi connectivity index (χ1v) is 4.50. The number of rotatable bonds is 0. The van der Waals surface area contributed by atoms with Gasteiger partial charge in [-0.25, -0.2) is 0 Å². The van der Waals surface area contributed by atoms with E-state index in [1.807, 2.05) is 0 Å². The summed E-state index contributed by atoms with van der Waals surface area (Å²) in [6, 6.07) is 0. The van der Waals surface area contributed by atoms with Crippen molar-refractivity contribution in [2.75, 3.05) is 0 Å². The molecule has 1 heterocycles. The van der Waals surface area contributed by atoms with Gasteiger partial charge in [-0.2, -0.15) is 15.7 Å². The summed E-state index contributed by atoms with van der Waals surface area (Å²) in [6.45, 7) is 0. The maximum absolute atomic E-state index is 9.94. The van der Waals surface area contributed by atoms with Crippen LogP contribution in [-0.2, 0) is 40.0 Å². The molecule has 0 aromatic carbocycles. The van der Waals surface area contributed by atoms with Gasteiger partial charge in [0.25, 0.3) is 0 Å². The van der Waals surface area contributed by atoms with Gasteiger partial charge in [-0.1, -0.05) is 0 Å². The Morgan fingerprint density at radius 2 is 1.50 bits per heavy atom. The maximum atomic E-state index is 9.94. The molecule has 0 aliphatic carbocycles. The zero-order valence-electron chi connectivity index (χ0n) is 3.16. The zero-order chi connectivity index (χ0) is 5.33. The Morgan fingerprint density at radius 3 is 1.62 bits per heavy atom. The molecule has 1 fully saturated rings. The second-order valence-electron chi connectivity index (χ2n) is 0.680. The van der Waals surface area contributed by atoms with Gasteiger partial charge < -0.3 is 0 Å². The Bertz CT molecular complexity index is 135. The minimum Gasteiger partial charge on any atom is -0.167 e. The molecule has 53 valence electrons. The summed E-state index contributed by atoms with van der Waals surface area (Å²) in [5.41, 5.74) is 0. The van der Waals surface area contributed by atoms with E-state index < -0.39 is 10.4 Å². The molecule has 0 atom stereocenters. The fourth-order valence-electron chi connectivity index (χ4n) is 0.102. The molecule has 0 aromatic heterocycles. The van der Waals surface area contributed by atoms with Crippen molar-refractivity contribution in [3.8, 4) is 0 Å². The zero-order valence-corrected chi connectivity index (χ0v) is 7.09. The third-order valence-corrected chi connectivity index (χ3v) is 3.25. The minimum absolute atomic E-state index is 0. The van der Waals surface area contributed by atoms with Crippen molar-refractivity contribution in [3.05, 3.63) is 0 Å². The van der Waals surface area contributed by atoms with Gasteiger partial charge in [0.2, 0.25) is 0 Å². The van der Waals surface area contributed by atoms with E-state index in [0.29, 0.717) is 22.1 Å². The third-order valence-electron chi connectivity index (χ3n) is 0.250. The quantitative estimate of drug-likeness (QED) is 0.362. The summed E-state index contributed by atoms with van der Waals surface area (Å²) in [6.07, 6.45) is 0. The molecule has 0 N–H and O–H groups in total. The van der Waals surface area contributed by atoms with Crippen molar-refractivity contribution in [2.24, 2.45) is 0 Å². The molecule has 8 heavy (non-hydrogen) atoms. The van der Waals surface area contributed by atoms with Crippen molar-refractivity contribution < 1.29 is 38.1 Å². The normalized spacial score (nSPS) is 24.5. The monoisotopic (exact) mass is 267 g/mol. The van der Waals surface area contributed by atoms with E-state index in [2.05, 4.69) is 7.26 Å². The van der Waals surface area contributed by atoms with Crippen LogP contribution in [0.1, 0.15) is 0 Å². The fourth-order valence-corrected chi connectivity index (χ4v) is 2.76. The summed E-state index contributed by atoms with van der Waals surface area (Å²) in [7, 11) is -3.62. The van der Waals surface area contributed by atoms with Crippen molar-refractivity contribution in [1.29, 1.82) is 0 Å². The van der Waals surface area contributed by atoms with Gasteiger partial charge in [0.15, 0.2) is 0 Å². The molecule has 1 aliphatic rings. The summed E-state index contributed by atoms with van der Waals surface area (Å²) < 4.78 is 27.8. The molecule has 0 spiro atoms. The number of hydrogen-bond donors (Lipinski definition) is 0. The molecule has 1 rings (SSSR count). The van der Waals surface area contributed by atoms with Gasteiger partial charge >= 0.3 is 10.4 Å². The van der Waals surface area contributed by atoms with Crippen LogP contribution in [0.5, 0.6) is 0 Å². The molecule has 0 saturated carbocycles. The topological polar surface area (TPSA) is 52.6 Å². The molecule has 1 aliphatic heterocycles. The van der Waals surface area contributed by atoms with Crippen molar-refractivity contribution in [1.82, 2.24) is 0 Å². The standard InChI is InChI=1S/Ag.O4S3/c;1-7(2)3-5-6-4-7. The SMILES string of the molecule is O=S1(=O)OSSO1.[Ag]. The van der Waals surface area contributed by atoms with Crippen molar-refractivity contribution in [3.63, 3.8) is 0 Å². The predicted octanol–water partition coefficient (Wildman–Crippen LogP) is 0.487. The number of hydrogen-bond acceptors (Lipinski definition) is 6. The van der Waals surface area contributed by atoms with Gasteiger partial charge in [0, 0.05) is 22.4 Å². The first-order valence-electron chi connectivity index (χ1n) is 1.17. The molecule has 0 aromatic rings. The van der Waals surface area contributed by atoms with Crippen LogP contribution >= 0.6 is 22.1 Å². The first kappa shape index (κ1) is 9.31. The van der Waals surface area contributed by atoms with E-state index in [4.69, 9.17) is 0 Å². The first-order chi connectivity index (χ1) is 3.21. The minimum atomic E-state index is -3.62. The van der Waals surface area contributed by atoms with Crippen LogP contribution in [0.15, 0.2) is 0 Å². The van der Waals surface area contributed by atoms with Crippen LogP contribution < -0.4 is 0 Å². The van der Waals surface area contributed by atoms with Crippen molar-refractivity contribution >= 4 is 32.5 Å². The fraction of sp³-hybridized carbons (Fsp3) is 0. The van der Waals surface area contributed by atoms with Crippen LogP contribution in [-0.4, -0.2) is 8.42 Å². The molecule has 4 nitrogen and oxygen atoms in total. The van der Waals surface area contributed by atoms with E-state index in [-0.39, 0.29) is 22.4 Å². The second-order valence-corrected chi connectivity index (χ2v) is 3.67. The van der Waals surface area contributed by atoms with E-state index in [0.717, 1.165) is 0 Å². The van der Waals surface area contributed by atoms with Gasteiger partial charge in [-0.05, 0) is 0 Å². The Morgan fingerprint density at radius 1 is 1.12 bits per heavy atom. The maximum Gasteiger partial charge on any atom is 0.423 e. The van der Waals surface area contributed by atoms with Gasteiger partial charge in [0.1, 0.15) is 22.1 Å². The molecular weight excluding hydrogens is 268 g/mol. The molecule has 1 saturated heterocycles. The van der Waals surface area contributed by atoms with E-state index >= 15 is 0 Å². The van der Waals surface area contributed by atoms with Crippen LogP contribution in [0, 0.1) is 0 Å². The van der Waals surface area contributed by atoms with Crippen LogP contribution in [0.2, 0.25) is 0 Å². The summed E-state index contributed by atoms with van der Waals surface area (Å²) in [5.74, 6) is 0. The Labute approximate surface area is 70.3 Å². The third kappa shape index (κ3) is 2.74. The van der Waals surface area contributed by atoms with E-state index in [1.165, 1.54) is 0 Å². The average Bonchev–Trinajstić information content (AvgIpc) is 1.84.